The molecule has 2 aromatic rings. The van der Waals surface area contributed by atoms with Gasteiger partial charge in [-0.3, -0.25) is 10.1 Å². The number of nitrogens with one attached hydrogen (secondary N) is 2. The number of fused-ring (bicyclic) bond motifs is 5. The van der Waals surface area contributed by atoms with Gasteiger partial charge in [0.2, 0.25) is 0 Å². The maximum Gasteiger partial charge on any atom is 0.322 e. The Balaban J connectivity index is 2.12. The molecule has 1 aliphatic heterocycles. The maximum atomic E-state index is 12.6. The van der Waals surface area contributed by atoms with Crippen LogP contribution < -0.4 is 10.6 Å². The van der Waals surface area contributed by atoms with Gasteiger partial charge in [0, 0.05) is 0 Å². The van der Waals surface area contributed by atoms with Gasteiger partial charge in [0.05, 0.1) is 0 Å². The number of carbonyl (C=O) groups excluding carboxylic acids is 2. The Hall–Kier alpha value is -2.62. The van der Waals surface area contributed by atoms with Crippen LogP contribution in [0.2, 0.25) is 0 Å². The van der Waals surface area contributed by atoms with E-state index in [9.17, 15) is 9.59 Å². The third kappa shape index (κ3) is 1.39. The summed E-state index contributed by atoms with van der Waals surface area (Å²) in [4.78, 5) is 24.3. The van der Waals surface area contributed by atoms with Gasteiger partial charge < -0.3 is 5.32 Å². The van der Waals surface area contributed by atoms with Crippen molar-refractivity contribution in [3.05, 3.63) is 58.7 Å². The van der Waals surface area contributed by atoms with Crippen LogP contribution in [-0.2, 0) is 10.3 Å². The van der Waals surface area contributed by atoms with E-state index in [4.69, 9.17) is 0 Å². The zero-order valence-electron chi connectivity index (χ0n) is 11.8. The van der Waals surface area contributed by atoms with Crippen molar-refractivity contribution in [2.24, 2.45) is 0 Å². The molecule has 4 nitrogen and oxygen atoms in total. The molecule has 3 amide bonds. The summed E-state index contributed by atoms with van der Waals surface area (Å²) in [5, 5.41) is 5.23. The van der Waals surface area contributed by atoms with Crippen LogP contribution in [0.25, 0.3) is 11.1 Å². The van der Waals surface area contributed by atoms with Crippen molar-refractivity contribution in [2.45, 2.75) is 19.4 Å². The first-order valence-corrected chi connectivity index (χ1v) is 6.88. The van der Waals surface area contributed by atoms with Gasteiger partial charge in [0.1, 0.15) is 0 Å². The van der Waals surface area contributed by atoms with Crippen LogP contribution in [0.5, 0.6) is 0 Å². The quantitative estimate of drug-likeness (QED) is 0.727. The lowest BCUT2D eigenvalue weighted by molar-refractivity contribution is -0.122. The smallest absolute Gasteiger partial charge is 0.316 e. The molecule has 1 spiro atoms. The average molecular weight is 278 g/mol. The van der Waals surface area contributed by atoms with Crippen LogP contribution in [-0.4, -0.2) is 11.9 Å². The van der Waals surface area contributed by atoms with Gasteiger partial charge in [-0.1, -0.05) is 47.5 Å². The van der Waals surface area contributed by atoms with E-state index in [0.29, 0.717) is 0 Å². The first-order valence-electron chi connectivity index (χ1n) is 6.88. The number of hydrogen-bond donors (Lipinski definition) is 2. The molecule has 1 fully saturated rings. The third-order valence-electron chi connectivity index (χ3n) is 4.32. The van der Waals surface area contributed by atoms with Gasteiger partial charge in [-0.25, -0.2) is 4.79 Å². The molecule has 0 bridgehead atoms. The van der Waals surface area contributed by atoms with Gasteiger partial charge >= 0.3 is 6.03 Å². The van der Waals surface area contributed by atoms with Crippen LogP contribution in [0.1, 0.15) is 22.3 Å². The van der Waals surface area contributed by atoms with E-state index in [1.165, 1.54) is 0 Å². The number of rotatable bonds is 0. The summed E-state index contributed by atoms with van der Waals surface area (Å²) < 4.78 is 0. The highest BCUT2D eigenvalue weighted by Crippen LogP contribution is 2.49. The number of carbonyl (C=O) groups is 2. The molecule has 0 saturated carbocycles. The summed E-state index contributed by atoms with van der Waals surface area (Å²) in [6.45, 7) is 3.97. The predicted molar refractivity (Wildman–Crippen MR) is 78.8 cm³/mol. The molecule has 0 radical (unpaired) electrons. The molecule has 0 aromatic heterocycles. The molecule has 104 valence electrons. The van der Waals surface area contributed by atoms with E-state index in [0.717, 1.165) is 33.4 Å². The fraction of sp³-hybridized carbons (Fsp3) is 0.176. The van der Waals surface area contributed by atoms with E-state index in [1.54, 1.807) is 0 Å². The van der Waals surface area contributed by atoms with E-state index >= 15 is 0 Å². The molecule has 4 rings (SSSR count). The van der Waals surface area contributed by atoms with Crippen molar-refractivity contribution >= 4 is 11.9 Å². The third-order valence-corrected chi connectivity index (χ3v) is 4.32. The summed E-state index contributed by atoms with van der Waals surface area (Å²) in [5.74, 6) is -0.302. The van der Waals surface area contributed by atoms with Crippen molar-refractivity contribution < 1.29 is 9.59 Å². The van der Waals surface area contributed by atoms with Gasteiger partial charge in [-0.2, -0.15) is 0 Å². The molecule has 4 heteroatoms. The molecule has 0 atom stereocenters. The molecule has 2 aromatic carbocycles. The molecule has 0 unspecified atom stereocenters. The number of imide groups is 1. The highest BCUT2D eigenvalue weighted by Gasteiger charge is 2.54. The lowest BCUT2D eigenvalue weighted by Gasteiger charge is -2.23. The zero-order valence-corrected chi connectivity index (χ0v) is 11.8. The van der Waals surface area contributed by atoms with E-state index in [1.807, 2.05) is 50.2 Å². The van der Waals surface area contributed by atoms with Gasteiger partial charge in [-0.15, -0.1) is 0 Å². The van der Waals surface area contributed by atoms with Crippen molar-refractivity contribution in [1.82, 2.24) is 10.6 Å². The van der Waals surface area contributed by atoms with Crippen LogP contribution >= 0.6 is 0 Å². The normalized spacial score (nSPS) is 17.4. The number of hydrogen-bond acceptors (Lipinski definition) is 2. The molecular formula is C17H14N2O2. The van der Waals surface area contributed by atoms with Crippen molar-refractivity contribution in [3.63, 3.8) is 0 Å². The fourth-order valence-electron chi connectivity index (χ4n) is 3.39. The highest BCUT2D eigenvalue weighted by molar-refractivity contribution is 6.13. The standard InChI is InChI=1S/C17H14N2O2/c1-9-3-5-11-12-6-4-10(2)8-14(12)17(13(11)7-9)15(20)18-16(21)19-17/h3-8H,1-2H3,(H2,18,19,20,21). The molecular weight excluding hydrogens is 264 g/mol. The predicted octanol–water partition coefficient (Wildman–Crippen LogP) is 2.37. The Morgan fingerprint density at radius 3 is 1.81 bits per heavy atom. The minimum Gasteiger partial charge on any atom is -0.316 e. The number of amides is 3. The Labute approximate surface area is 122 Å². The lowest BCUT2D eigenvalue weighted by atomic mass is 9.86. The summed E-state index contributed by atoms with van der Waals surface area (Å²) in [7, 11) is 0. The van der Waals surface area contributed by atoms with E-state index in [-0.39, 0.29) is 5.91 Å². The first-order chi connectivity index (χ1) is 10.0. The summed E-state index contributed by atoms with van der Waals surface area (Å²) >= 11 is 0. The minimum atomic E-state index is -1.08. The monoisotopic (exact) mass is 278 g/mol. The molecule has 1 saturated heterocycles. The SMILES string of the molecule is Cc1ccc2c(c1)C1(NC(=O)NC1=O)c1cc(C)ccc1-2. The van der Waals surface area contributed by atoms with Crippen LogP contribution in [0, 0.1) is 13.8 Å². The average Bonchev–Trinajstić information content (AvgIpc) is 2.87. The largest absolute Gasteiger partial charge is 0.322 e. The Bertz CT molecular complexity index is 772. The fourth-order valence-corrected chi connectivity index (χ4v) is 3.39. The Morgan fingerprint density at radius 1 is 0.857 bits per heavy atom. The second-order valence-corrected chi connectivity index (χ2v) is 5.76. The molecule has 1 heterocycles. The van der Waals surface area contributed by atoms with Crippen molar-refractivity contribution in [2.75, 3.05) is 0 Å². The second-order valence-electron chi connectivity index (χ2n) is 5.76. The minimum absolute atomic E-state index is 0.302. The number of aryl methyl sites for hydroxylation is 2. The topological polar surface area (TPSA) is 58.2 Å². The Kier molecular flexibility index (Phi) is 2.15. The summed E-state index contributed by atoms with van der Waals surface area (Å²) in [6, 6.07) is 11.6. The first kappa shape index (κ1) is 12.1. The second kappa shape index (κ2) is 3.73. The highest BCUT2D eigenvalue weighted by atomic mass is 16.2. The number of urea groups is 1. The van der Waals surface area contributed by atoms with Gasteiger partial charge in [0.25, 0.3) is 5.91 Å². The van der Waals surface area contributed by atoms with Crippen molar-refractivity contribution in [1.29, 1.82) is 0 Å². The molecule has 2 aliphatic rings. The lowest BCUT2D eigenvalue weighted by Crippen LogP contribution is -2.43. The number of benzene rings is 2. The van der Waals surface area contributed by atoms with Crippen LogP contribution in [0.4, 0.5) is 4.79 Å². The zero-order chi connectivity index (χ0) is 14.8. The van der Waals surface area contributed by atoms with Crippen LogP contribution in [0.15, 0.2) is 36.4 Å². The van der Waals surface area contributed by atoms with E-state index < -0.39 is 11.6 Å². The van der Waals surface area contributed by atoms with E-state index in [2.05, 4.69) is 10.6 Å². The Morgan fingerprint density at radius 2 is 1.38 bits per heavy atom. The molecule has 1 aliphatic carbocycles. The summed E-state index contributed by atoms with van der Waals surface area (Å²) in [5.41, 5.74) is 4.76. The molecule has 2 N–H and O–H groups in total. The van der Waals surface area contributed by atoms with Gasteiger partial charge in [0.15, 0.2) is 5.54 Å². The summed E-state index contributed by atoms with van der Waals surface area (Å²) in [6.07, 6.45) is 0. The van der Waals surface area contributed by atoms with Gasteiger partial charge in [-0.05, 0) is 36.1 Å². The maximum absolute atomic E-state index is 12.6. The van der Waals surface area contributed by atoms with Crippen LogP contribution in [0.3, 0.4) is 0 Å². The van der Waals surface area contributed by atoms with Crippen molar-refractivity contribution in [3.8, 4) is 11.1 Å². The molecule has 21 heavy (non-hydrogen) atoms.